The summed E-state index contributed by atoms with van der Waals surface area (Å²) in [5, 5.41) is 3.92. The van der Waals surface area contributed by atoms with Crippen LogP contribution in [0.5, 0.6) is 0 Å². The van der Waals surface area contributed by atoms with Crippen LogP contribution in [0.4, 0.5) is 11.5 Å². The molecule has 1 N–H and O–H groups in total. The molecule has 1 amide bonds. The van der Waals surface area contributed by atoms with E-state index < -0.39 is 0 Å². The summed E-state index contributed by atoms with van der Waals surface area (Å²) in [4.78, 5) is 25.7. The lowest BCUT2D eigenvalue weighted by Gasteiger charge is -2.25. The molecule has 1 aliphatic carbocycles. The van der Waals surface area contributed by atoms with Crippen LogP contribution in [-0.4, -0.2) is 54.1 Å². The van der Waals surface area contributed by atoms with Crippen LogP contribution < -0.4 is 10.2 Å². The lowest BCUT2D eigenvalue weighted by atomic mass is 10.1. The van der Waals surface area contributed by atoms with Gasteiger partial charge in [-0.3, -0.25) is 9.69 Å². The largest absolute Gasteiger partial charge is 0.381 e. The van der Waals surface area contributed by atoms with E-state index in [1.165, 1.54) is 12.8 Å². The first-order valence-corrected chi connectivity index (χ1v) is 11.8. The summed E-state index contributed by atoms with van der Waals surface area (Å²) in [7, 11) is 2.12. The highest BCUT2D eigenvalue weighted by molar-refractivity contribution is 5.89. The van der Waals surface area contributed by atoms with E-state index in [0.29, 0.717) is 18.5 Å². The monoisotopic (exact) mass is 445 g/mol. The maximum atomic E-state index is 11.0. The Labute approximate surface area is 194 Å². The number of anilines is 2. The number of amides is 1. The zero-order valence-electron chi connectivity index (χ0n) is 19.1. The Balaban J connectivity index is 1.42. The van der Waals surface area contributed by atoms with Crippen LogP contribution in [0.2, 0.25) is 0 Å². The Bertz CT molecular complexity index is 1110. The van der Waals surface area contributed by atoms with Crippen molar-refractivity contribution in [3.05, 3.63) is 59.9 Å². The second-order valence-electron chi connectivity index (χ2n) is 9.15. The molecule has 172 valence electrons. The first kappa shape index (κ1) is 21.8. The van der Waals surface area contributed by atoms with E-state index in [-0.39, 0.29) is 0 Å². The second-order valence-corrected chi connectivity index (χ2v) is 9.15. The predicted molar refractivity (Wildman–Crippen MR) is 130 cm³/mol. The minimum atomic E-state index is 0.529. The Morgan fingerprint density at radius 3 is 2.67 bits per heavy atom. The first-order valence-electron chi connectivity index (χ1n) is 11.8. The molecule has 2 aromatic carbocycles. The van der Waals surface area contributed by atoms with Crippen molar-refractivity contribution >= 4 is 28.8 Å². The van der Waals surface area contributed by atoms with E-state index in [2.05, 4.69) is 46.4 Å². The fourth-order valence-electron chi connectivity index (χ4n) is 4.69. The van der Waals surface area contributed by atoms with Gasteiger partial charge in [0.15, 0.2) is 0 Å². The Hall–Kier alpha value is -3.03. The van der Waals surface area contributed by atoms with E-state index >= 15 is 0 Å². The van der Waals surface area contributed by atoms with E-state index in [4.69, 9.17) is 14.7 Å². The number of hydrogen-bond acceptors (Lipinski definition) is 6. The van der Waals surface area contributed by atoms with Crippen molar-refractivity contribution in [2.24, 2.45) is 5.92 Å². The van der Waals surface area contributed by atoms with E-state index in [1.54, 1.807) is 0 Å². The molecular formula is C26H31N5O2. The molecule has 0 spiro atoms. The molecule has 0 bridgehead atoms. The third kappa shape index (κ3) is 5.15. The van der Waals surface area contributed by atoms with Crippen LogP contribution in [0.25, 0.3) is 10.9 Å². The Kier molecular flexibility index (Phi) is 6.51. The summed E-state index contributed by atoms with van der Waals surface area (Å²) in [5.41, 5.74) is 2.94. The normalized spacial score (nSPS) is 18.1. The van der Waals surface area contributed by atoms with Crippen LogP contribution in [0.15, 0.2) is 48.5 Å². The van der Waals surface area contributed by atoms with Crippen molar-refractivity contribution < 1.29 is 9.53 Å². The molecule has 1 unspecified atom stereocenters. The first-order chi connectivity index (χ1) is 16.2. The number of carbonyl (C=O) groups is 1. The lowest BCUT2D eigenvalue weighted by molar-refractivity contribution is -0.105. The third-order valence-electron chi connectivity index (χ3n) is 6.56. The van der Waals surface area contributed by atoms with Crippen molar-refractivity contribution in [1.82, 2.24) is 14.9 Å². The summed E-state index contributed by atoms with van der Waals surface area (Å²) >= 11 is 0. The van der Waals surface area contributed by atoms with Crippen molar-refractivity contribution in [3.8, 4) is 0 Å². The van der Waals surface area contributed by atoms with Crippen LogP contribution in [0.3, 0.4) is 0 Å². The van der Waals surface area contributed by atoms with Crippen LogP contribution in [0, 0.1) is 5.92 Å². The third-order valence-corrected chi connectivity index (χ3v) is 6.56. The molecule has 1 saturated carbocycles. The number of nitrogens with one attached hydrogen (secondary N) is 1. The molecule has 3 aromatic rings. The molecule has 0 radical (unpaired) electrons. The molecule has 2 heterocycles. The summed E-state index contributed by atoms with van der Waals surface area (Å²) < 4.78 is 5.58. The Morgan fingerprint density at radius 1 is 1.06 bits per heavy atom. The number of nitrogens with zero attached hydrogens (tertiary/aromatic N) is 4. The van der Waals surface area contributed by atoms with Gasteiger partial charge in [-0.2, -0.15) is 0 Å². The molecule has 1 atom stereocenters. The lowest BCUT2D eigenvalue weighted by Crippen LogP contribution is -2.29. The van der Waals surface area contributed by atoms with Gasteiger partial charge in [0.2, 0.25) is 6.41 Å². The molecule has 1 aromatic heterocycles. The van der Waals surface area contributed by atoms with Gasteiger partial charge < -0.3 is 15.0 Å². The van der Waals surface area contributed by atoms with Gasteiger partial charge in [0.1, 0.15) is 11.6 Å². The summed E-state index contributed by atoms with van der Waals surface area (Å²) in [6.07, 6.45) is 4.21. The number of fused-ring (bicyclic) bond motifs is 1. The maximum absolute atomic E-state index is 11.0. The van der Waals surface area contributed by atoms with Crippen molar-refractivity contribution in [3.63, 3.8) is 0 Å². The second kappa shape index (κ2) is 9.85. The van der Waals surface area contributed by atoms with Crippen LogP contribution in [0.1, 0.15) is 30.7 Å². The zero-order chi connectivity index (χ0) is 22.6. The number of aromatic nitrogens is 2. The summed E-state index contributed by atoms with van der Waals surface area (Å²) in [6.45, 7) is 4.03. The molecule has 1 aliphatic heterocycles. The number of hydrogen-bond donors (Lipinski definition) is 1. The van der Waals surface area contributed by atoms with Gasteiger partial charge in [-0.15, -0.1) is 0 Å². The zero-order valence-corrected chi connectivity index (χ0v) is 19.1. The van der Waals surface area contributed by atoms with Gasteiger partial charge in [0, 0.05) is 49.8 Å². The van der Waals surface area contributed by atoms with Crippen molar-refractivity contribution in [2.75, 3.05) is 37.0 Å². The van der Waals surface area contributed by atoms with Crippen LogP contribution in [-0.2, 0) is 22.6 Å². The fraction of sp³-hybridized carbons (Fsp3) is 0.423. The van der Waals surface area contributed by atoms with E-state index in [9.17, 15) is 4.79 Å². The van der Waals surface area contributed by atoms with Gasteiger partial charge >= 0.3 is 0 Å². The number of ether oxygens (including phenoxy) is 1. The number of carbonyl (C=O) groups excluding carboxylic acids is 1. The summed E-state index contributed by atoms with van der Waals surface area (Å²) in [5.74, 6) is 2.36. The molecule has 7 nitrogen and oxygen atoms in total. The van der Waals surface area contributed by atoms with Gasteiger partial charge in [0.05, 0.1) is 18.7 Å². The number of rotatable bonds is 10. The minimum absolute atomic E-state index is 0.529. The molecule has 33 heavy (non-hydrogen) atoms. The van der Waals surface area contributed by atoms with Gasteiger partial charge in [-0.25, -0.2) is 9.97 Å². The van der Waals surface area contributed by atoms with Gasteiger partial charge in [0.25, 0.3) is 0 Å². The van der Waals surface area contributed by atoms with Crippen LogP contribution >= 0.6 is 0 Å². The average molecular weight is 446 g/mol. The SMILES string of the molecule is CN(CC1CCOC1)c1nc(CN(Cc2ccccc2NC=O)C2CC2)nc2ccccc12. The summed E-state index contributed by atoms with van der Waals surface area (Å²) in [6, 6.07) is 16.8. The van der Waals surface area contributed by atoms with Crippen molar-refractivity contribution in [1.29, 1.82) is 0 Å². The Morgan fingerprint density at radius 2 is 1.88 bits per heavy atom. The number of para-hydroxylation sites is 2. The van der Waals surface area contributed by atoms with Crippen molar-refractivity contribution in [2.45, 2.75) is 38.4 Å². The topological polar surface area (TPSA) is 70.6 Å². The smallest absolute Gasteiger partial charge is 0.211 e. The molecular weight excluding hydrogens is 414 g/mol. The highest BCUT2D eigenvalue weighted by atomic mass is 16.5. The molecule has 5 rings (SSSR count). The van der Waals surface area contributed by atoms with E-state index in [1.807, 2.05) is 24.3 Å². The molecule has 7 heteroatoms. The highest BCUT2D eigenvalue weighted by Gasteiger charge is 2.30. The van der Waals surface area contributed by atoms with E-state index in [0.717, 1.165) is 72.9 Å². The average Bonchev–Trinajstić information content (AvgIpc) is 3.56. The predicted octanol–water partition coefficient (Wildman–Crippen LogP) is 3.84. The quantitative estimate of drug-likeness (QED) is 0.478. The van der Waals surface area contributed by atoms with Gasteiger partial charge in [-0.1, -0.05) is 30.3 Å². The minimum Gasteiger partial charge on any atom is -0.381 e. The number of benzene rings is 2. The molecule has 2 aliphatic rings. The standard InChI is InChI=1S/C26H31N5O2/c1-30(14-19-12-13-33-17-19)26-22-7-3-5-9-24(22)28-25(29-26)16-31(21-10-11-21)15-20-6-2-4-8-23(20)27-18-32/h2-9,18-19,21H,10-17H2,1H3,(H,27,32). The van der Waals surface area contributed by atoms with Gasteiger partial charge in [-0.05, 0) is 43.0 Å². The highest BCUT2D eigenvalue weighted by Crippen LogP contribution is 2.32. The molecule has 2 fully saturated rings. The fourth-order valence-corrected chi connectivity index (χ4v) is 4.69. The molecule has 1 saturated heterocycles. The maximum Gasteiger partial charge on any atom is 0.211 e.